The Bertz CT molecular complexity index is 198. The van der Waals surface area contributed by atoms with Gasteiger partial charge in [-0.15, -0.1) is 0 Å². The molecule has 0 saturated heterocycles. The molecular weight excluding hydrogens is 174 g/mol. The SMILES string of the molecule is CC(O)CCC(C)(C(N)=O)C(=O)O. The Morgan fingerprint density at radius 1 is 1.54 bits per heavy atom. The van der Waals surface area contributed by atoms with Crippen molar-refractivity contribution in [2.75, 3.05) is 0 Å². The van der Waals surface area contributed by atoms with Gasteiger partial charge in [-0.25, -0.2) is 0 Å². The van der Waals surface area contributed by atoms with Gasteiger partial charge in [-0.1, -0.05) is 0 Å². The monoisotopic (exact) mass is 189 g/mol. The van der Waals surface area contributed by atoms with Gasteiger partial charge >= 0.3 is 5.97 Å². The van der Waals surface area contributed by atoms with Crippen LogP contribution in [-0.2, 0) is 9.59 Å². The normalized spacial score (nSPS) is 17.5. The lowest BCUT2D eigenvalue weighted by molar-refractivity contribution is -0.154. The van der Waals surface area contributed by atoms with E-state index in [1.807, 2.05) is 0 Å². The molecule has 0 aliphatic rings. The second-order valence-electron chi connectivity index (χ2n) is 3.39. The van der Waals surface area contributed by atoms with Crippen LogP contribution in [0.1, 0.15) is 26.7 Å². The van der Waals surface area contributed by atoms with Crippen LogP contribution in [0.4, 0.5) is 0 Å². The van der Waals surface area contributed by atoms with Crippen molar-refractivity contribution in [2.24, 2.45) is 11.1 Å². The minimum absolute atomic E-state index is 0.0509. The van der Waals surface area contributed by atoms with E-state index in [1.54, 1.807) is 0 Å². The number of carbonyl (C=O) groups excluding carboxylic acids is 1. The number of hydrogen-bond donors (Lipinski definition) is 3. The number of aliphatic hydroxyl groups excluding tert-OH is 1. The molecule has 5 nitrogen and oxygen atoms in total. The van der Waals surface area contributed by atoms with Crippen LogP contribution in [0.5, 0.6) is 0 Å². The number of hydrogen-bond acceptors (Lipinski definition) is 3. The van der Waals surface area contributed by atoms with Crippen LogP contribution in [0.25, 0.3) is 0 Å². The Kier molecular flexibility index (Phi) is 3.87. The van der Waals surface area contributed by atoms with Gasteiger partial charge in [-0.2, -0.15) is 0 Å². The van der Waals surface area contributed by atoms with Gasteiger partial charge in [-0.3, -0.25) is 9.59 Å². The van der Waals surface area contributed by atoms with Crippen molar-refractivity contribution < 1.29 is 19.8 Å². The predicted octanol–water partition coefficient (Wildman–Crippen LogP) is -0.276. The summed E-state index contributed by atoms with van der Waals surface area (Å²) in [4.78, 5) is 21.5. The summed E-state index contributed by atoms with van der Waals surface area (Å²) in [5.41, 5.74) is 3.38. The molecule has 2 atom stereocenters. The fourth-order valence-corrected chi connectivity index (χ4v) is 0.833. The fourth-order valence-electron chi connectivity index (χ4n) is 0.833. The van der Waals surface area contributed by atoms with Crippen molar-refractivity contribution in [3.05, 3.63) is 0 Å². The minimum atomic E-state index is -1.57. The van der Waals surface area contributed by atoms with Crippen LogP contribution in [-0.4, -0.2) is 28.2 Å². The number of nitrogens with two attached hydrogens (primary N) is 1. The first-order valence-electron chi connectivity index (χ1n) is 4.02. The molecule has 0 saturated carbocycles. The molecule has 0 spiro atoms. The summed E-state index contributed by atoms with van der Waals surface area (Å²) in [5, 5.41) is 17.7. The molecule has 0 bridgehead atoms. The Balaban J connectivity index is 4.44. The van der Waals surface area contributed by atoms with Gasteiger partial charge in [0.15, 0.2) is 0 Å². The Labute approximate surface area is 76.5 Å². The molecule has 0 aromatic heterocycles. The summed E-state index contributed by atoms with van der Waals surface area (Å²) in [5.74, 6) is -2.12. The number of rotatable bonds is 5. The summed E-state index contributed by atoms with van der Waals surface area (Å²) in [6, 6.07) is 0. The van der Waals surface area contributed by atoms with Crippen LogP contribution in [0, 0.1) is 5.41 Å². The standard InChI is InChI=1S/C8H15NO4/c1-5(10)3-4-8(2,6(9)11)7(12)13/h5,10H,3-4H2,1-2H3,(H2,9,11)(H,12,13). The average Bonchev–Trinajstić information content (AvgIpc) is 1.99. The van der Waals surface area contributed by atoms with E-state index >= 15 is 0 Å². The number of carboxylic acid groups (broad SMARTS) is 1. The maximum Gasteiger partial charge on any atom is 0.318 e. The van der Waals surface area contributed by atoms with E-state index < -0.39 is 23.4 Å². The Hall–Kier alpha value is -1.10. The molecule has 0 radical (unpaired) electrons. The highest BCUT2D eigenvalue weighted by atomic mass is 16.4. The van der Waals surface area contributed by atoms with Crippen molar-refractivity contribution in [3.63, 3.8) is 0 Å². The third kappa shape index (κ3) is 3.02. The summed E-state index contributed by atoms with van der Waals surface area (Å²) >= 11 is 0. The van der Waals surface area contributed by atoms with Crippen LogP contribution in [0.2, 0.25) is 0 Å². The molecule has 0 aromatic rings. The maximum atomic E-state index is 10.8. The van der Waals surface area contributed by atoms with E-state index in [0.29, 0.717) is 0 Å². The smallest absolute Gasteiger partial charge is 0.318 e. The molecule has 76 valence electrons. The second-order valence-corrected chi connectivity index (χ2v) is 3.39. The zero-order chi connectivity index (χ0) is 10.6. The molecule has 0 aromatic carbocycles. The van der Waals surface area contributed by atoms with Gasteiger partial charge in [0.1, 0.15) is 5.41 Å². The summed E-state index contributed by atoms with van der Waals surface area (Å²) < 4.78 is 0. The van der Waals surface area contributed by atoms with Crippen molar-refractivity contribution in [1.82, 2.24) is 0 Å². The number of aliphatic carboxylic acids is 1. The zero-order valence-corrected chi connectivity index (χ0v) is 7.78. The van der Waals surface area contributed by atoms with Gasteiger partial charge in [-0.05, 0) is 26.7 Å². The van der Waals surface area contributed by atoms with E-state index in [4.69, 9.17) is 15.9 Å². The van der Waals surface area contributed by atoms with Gasteiger partial charge in [0.2, 0.25) is 5.91 Å². The number of amides is 1. The van der Waals surface area contributed by atoms with Gasteiger partial charge in [0.05, 0.1) is 6.10 Å². The molecule has 4 N–H and O–H groups in total. The van der Waals surface area contributed by atoms with Crippen molar-refractivity contribution in [1.29, 1.82) is 0 Å². The topological polar surface area (TPSA) is 101 Å². The molecule has 5 heteroatoms. The average molecular weight is 189 g/mol. The van der Waals surface area contributed by atoms with E-state index in [0.717, 1.165) is 0 Å². The van der Waals surface area contributed by atoms with Crippen LogP contribution >= 0.6 is 0 Å². The summed E-state index contributed by atoms with van der Waals surface area (Å²) in [7, 11) is 0. The van der Waals surface area contributed by atoms with E-state index in [1.165, 1.54) is 13.8 Å². The largest absolute Gasteiger partial charge is 0.480 e. The summed E-state index contributed by atoms with van der Waals surface area (Å²) in [6.45, 7) is 2.79. The highest BCUT2D eigenvalue weighted by Gasteiger charge is 2.39. The number of aliphatic hydroxyl groups is 1. The van der Waals surface area contributed by atoms with Crippen LogP contribution in [0.15, 0.2) is 0 Å². The van der Waals surface area contributed by atoms with Gasteiger partial charge < -0.3 is 15.9 Å². The lowest BCUT2D eigenvalue weighted by Gasteiger charge is -2.21. The number of carboxylic acids is 1. The predicted molar refractivity (Wildman–Crippen MR) is 45.9 cm³/mol. The third-order valence-electron chi connectivity index (χ3n) is 2.08. The van der Waals surface area contributed by atoms with E-state index in [9.17, 15) is 9.59 Å². The highest BCUT2D eigenvalue weighted by molar-refractivity contribution is 6.00. The zero-order valence-electron chi connectivity index (χ0n) is 7.78. The first kappa shape index (κ1) is 11.9. The first-order chi connectivity index (χ1) is 5.80. The molecule has 0 aliphatic heterocycles. The highest BCUT2D eigenvalue weighted by Crippen LogP contribution is 2.23. The van der Waals surface area contributed by atoms with Crippen molar-refractivity contribution >= 4 is 11.9 Å². The molecule has 1 amide bonds. The maximum absolute atomic E-state index is 10.8. The number of carbonyl (C=O) groups is 2. The van der Waals surface area contributed by atoms with Crippen molar-refractivity contribution in [2.45, 2.75) is 32.8 Å². The number of primary amides is 1. The molecular formula is C8H15NO4. The minimum Gasteiger partial charge on any atom is -0.480 e. The van der Waals surface area contributed by atoms with Gasteiger partial charge in [0.25, 0.3) is 0 Å². The first-order valence-corrected chi connectivity index (χ1v) is 4.02. The lowest BCUT2D eigenvalue weighted by atomic mass is 9.84. The second kappa shape index (κ2) is 4.23. The van der Waals surface area contributed by atoms with Crippen LogP contribution < -0.4 is 5.73 Å². The molecule has 13 heavy (non-hydrogen) atoms. The van der Waals surface area contributed by atoms with Crippen LogP contribution in [0.3, 0.4) is 0 Å². The van der Waals surface area contributed by atoms with E-state index in [2.05, 4.69) is 0 Å². The lowest BCUT2D eigenvalue weighted by Crippen LogP contribution is -2.41. The Morgan fingerprint density at radius 2 is 2.00 bits per heavy atom. The van der Waals surface area contributed by atoms with E-state index in [-0.39, 0.29) is 12.8 Å². The molecule has 0 fully saturated rings. The summed E-state index contributed by atoms with van der Waals surface area (Å²) in [6.07, 6.45) is -0.334. The quantitative estimate of drug-likeness (QED) is 0.518. The van der Waals surface area contributed by atoms with Crippen molar-refractivity contribution in [3.8, 4) is 0 Å². The molecule has 2 unspecified atom stereocenters. The molecule has 0 aliphatic carbocycles. The fraction of sp³-hybridized carbons (Fsp3) is 0.750. The van der Waals surface area contributed by atoms with Gasteiger partial charge in [0, 0.05) is 0 Å². The molecule has 0 rings (SSSR count). The molecule has 0 heterocycles. The third-order valence-corrected chi connectivity index (χ3v) is 2.08. The Morgan fingerprint density at radius 3 is 2.23 bits per heavy atom.